The van der Waals surface area contributed by atoms with Crippen LogP contribution in [0.4, 0.5) is 10.1 Å². The Morgan fingerprint density at radius 3 is 2.39 bits per heavy atom. The first-order valence-electron chi connectivity index (χ1n) is 9.94. The molecule has 4 rings (SSSR count). The summed E-state index contributed by atoms with van der Waals surface area (Å²) in [6.07, 6.45) is 0. The van der Waals surface area contributed by atoms with E-state index >= 15 is 0 Å². The Balaban J connectivity index is 1.48. The number of hydrogen-bond acceptors (Lipinski definition) is 4. The molecule has 1 aliphatic heterocycles. The van der Waals surface area contributed by atoms with Gasteiger partial charge in [-0.05, 0) is 29.7 Å². The minimum absolute atomic E-state index is 0.0275. The average Bonchev–Trinajstić information content (AvgIpc) is 3.34. The molecule has 1 unspecified atom stereocenters. The fourth-order valence-corrected chi connectivity index (χ4v) is 6.16. The van der Waals surface area contributed by atoms with Crippen LogP contribution in [0, 0.1) is 11.7 Å². The van der Waals surface area contributed by atoms with Crippen LogP contribution in [0.1, 0.15) is 18.4 Å². The third kappa shape index (κ3) is 3.91. The van der Waals surface area contributed by atoms with Crippen LogP contribution in [0.5, 0.6) is 0 Å². The number of nitrogens with zero attached hydrogens (tertiary/aromatic N) is 2. The Bertz CT molecular complexity index is 1090. The second-order valence-electron chi connectivity index (χ2n) is 7.94. The summed E-state index contributed by atoms with van der Waals surface area (Å²) >= 11 is 5.73. The minimum Gasteiger partial charge on any atom is -0.480 e. The summed E-state index contributed by atoms with van der Waals surface area (Å²) in [6, 6.07) is 13.5. The Hall–Kier alpha value is -2.20. The van der Waals surface area contributed by atoms with Gasteiger partial charge in [-0.1, -0.05) is 48.9 Å². The van der Waals surface area contributed by atoms with Crippen molar-refractivity contribution < 1.29 is 22.7 Å². The fourth-order valence-electron chi connectivity index (χ4n) is 4.45. The molecule has 2 fully saturated rings. The largest absolute Gasteiger partial charge is 0.480 e. The summed E-state index contributed by atoms with van der Waals surface area (Å²) in [6.45, 7) is 2.74. The zero-order chi connectivity index (χ0) is 22.4. The van der Waals surface area contributed by atoms with Crippen molar-refractivity contribution in [3.63, 3.8) is 0 Å². The number of rotatable bonds is 6. The molecule has 31 heavy (non-hydrogen) atoms. The van der Waals surface area contributed by atoms with E-state index in [2.05, 4.69) is 4.72 Å². The van der Waals surface area contributed by atoms with E-state index in [1.165, 1.54) is 16.4 Å². The average molecular weight is 468 g/mol. The maximum absolute atomic E-state index is 13.8. The number of carboxylic acid groups (broad SMARTS) is 1. The lowest BCUT2D eigenvalue weighted by molar-refractivity contribution is -0.140. The molecule has 2 N–H and O–H groups in total. The van der Waals surface area contributed by atoms with Gasteiger partial charge in [-0.3, -0.25) is 4.79 Å². The van der Waals surface area contributed by atoms with Gasteiger partial charge in [0, 0.05) is 37.8 Å². The van der Waals surface area contributed by atoms with Crippen molar-refractivity contribution in [1.82, 2.24) is 9.03 Å². The molecule has 166 valence electrons. The van der Waals surface area contributed by atoms with Crippen molar-refractivity contribution in [2.75, 3.05) is 31.1 Å². The summed E-state index contributed by atoms with van der Waals surface area (Å²) < 4.78 is 43.6. The van der Waals surface area contributed by atoms with E-state index in [-0.39, 0.29) is 24.0 Å². The van der Waals surface area contributed by atoms with Gasteiger partial charge in [-0.2, -0.15) is 17.4 Å². The molecule has 10 heteroatoms. The molecule has 0 radical (unpaired) electrons. The molecule has 0 aromatic heterocycles. The number of halogens is 2. The summed E-state index contributed by atoms with van der Waals surface area (Å²) in [5.74, 6) is -2.55. The third-order valence-corrected chi connectivity index (χ3v) is 8.20. The van der Waals surface area contributed by atoms with Gasteiger partial charge in [0.1, 0.15) is 11.4 Å². The zero-order valence-electron chi connectivity index (χ0n) is 16.8. The Morgan fingerprint density at radius 1 is 1.16 bits per heavy atom. The van der Waals surface area contributed by atoms with E-state index in [1.54, 1.807) is 25.1 Å². The molecule has 1 saturated heterocycles. The third-order valence-electron chi connectivity index (χ3n) is 6.26. The molecule has 0 spiro atoms. The molecule has 2 aromatic carbocycles. The summed E-state index contributed by atoms with van der Waals surface area (Å²) in [4.78, 5) is 14.0. The Morgan fingerprint density at radius 2 is 1.81 bits per heavy atom. The fraction of sp³-hybridized carbons (Fsp3) is 0.381. The van der Waals surface area contributed by atoms with Crippen LogP contribution in [0.2, 0.25) is 5.02 Å². The summed E-state index contributed by atoms with van der Waals surface area (Å²) in [5.41, 5.74) is -0.167. The smallest absolute Gasteiger partial charge is 0.325 e. The molecular formula is C21H23ClFN3O4S. The van der Waals surface area contributed by atoms with Crippen molar-refractivity contribution >= 4 is 33.5 Å². The van der Waals surface area contributed by atoms with Crippen LogP contribution in [-0.4, -0.2) is 55.5 Å². The van der Waals surface area contributed by atoms with Crippen LogP contribution in [-0.2, 0) is 15.0 Å². The standard InChI is InChI=1S/C21H23ClFN3O4S/c1-14-19(15-5-3-2-4-6-15)21(14,20(27)28)24-31(29,30)26-11-9-25(10-12-26)16-7-8-17(22)18(23)13-16/h2-8,13-14,19,24H,9-12H2,1H3,(H,27,28)/t14?,19-,21+/m1/s1. The van der Waals surface area contributed by atoms with Crippen LogP contribution in [0.15, 0.2) is 48.5 Å². The maximum atomic E-state index is 13.8. The predicted molar refractivity (Wildman–Crippen MR) is 116 cm³/mol. The monoisotopic (exact) mass is 467 g/mol. The molecule has 3 atom stereocenters. The lowest BCUT2D eigenvalue weighted by Crippen LogP contribution is -2.56. The van der Waals surface area contributed by atoms with Gasteiger partial charge in [-0.15, -0.1) is 0 Å². The summed E-state index contributed by atoms with van der Waals surface area (Å²) in [5, 5.41) is 9.93. The molecule has 2 aromatic rings. The molecular weight excluding hydrogens is 445 g/mol. The van der Waals surface area contributed by atoms with Gasteiger partial charge >= 0.3 is 5.97 Å². The number of carbonyl (C=O) groups is 1. The molecule has 1 heterocycles. The first-order chi connectivity index (χ1) is 14.7. The van der Waals surface area contributed by atoms with Crippen molar-refractivity contribution in [1.29, 1.82) is 0 Å². The highest BCUT2D eigenvalue weighted by atomic mass is 35.5. The number of anilines is 1. The van der Waals surface area contributed by atoms with Crippen molar-refractivity contribution in [3.05, 3.63) is 64.9 Å². The van der Waals surface area contributed by atoms with Crippen molar-refractivity contribution in [2.24, 2.45) is 5.92 Å². The number of hydrogen-bond donors (Lipinski definition) is 2. The molecule has 0 bridgehead atoms. The van der Waals surface area contributed by atoms with Crippen LogP contribution in [0.3, 0.4) is 0 Å². The second-order valence-corrected chi connectivity index (χ2v) is 10.0. The number of aliphatic carboxylic acids is 1. The highest BCUT2D eigenvalue weighted by Crippen LogP contribution is 2.57. The number of piperazine rings is 1. The lowest BCUT2D eigenvalue weighted by Gasteiger charge is -2.36. The maximum Gasteiger partial charge on any atom is 0.325 e. The van der Waals surface area contributed by atoms with Crippen LogP contribution >= 0.6 is 11.6 Å². The molecule has 1 aliphatic carbocycles. The van der Waals surface area contributed by atoms with Crippen LogP contribution in [0.25, 0.3) is 0 Å². The van der Waals surface area contributed by atoms with Gasteiger partial charge in [-0.25, -0.2) is 4.39 Å². The van der Waals surface area contributed by atoms with E-state index in [1.807, 2.05) is 23.1 Å². The van der Waals surface area contributed by atoms with Crippen molar-refractivity contribution in [3.8, 4) is 0 Å². The van der Waals surface area contributed by atoms with Crippen LogP contribution < -0.4 is 9.62 Å². The molecule has 2 aliphatic rings. The topological polar surface area (TPSA) is 90.0 Å². The summed E-state index contributed by atoms with van der Waals surface area (Å²) in [7, 11) is -4.04. The number of carboxylic acids is 1. The van der Waals surface area contributed by atoms with E-state index in [0.29, 0.717) is 18.8 Å². The minimum atomic E-state index is -4.04. The Labute approximate surface area is 185 Å². The van der Waals surface area contributed by atoms with Gasteiger partial charge in [0.2, 0.25) is 0 Å². The second kappa shape index (κ2) is 8.05. The first-order valence-corrected chi connectivity index (χ1v) is 11.8. The van der Waals surface area contributed by atoms with E-state index in [0.717, 1.165) is 5.56 Å². The van der Waals surface area contributed by atoms with E-state index < -0.39 is 33.5 Å². The number of nitrogens with one attached hydrogen (secondary N) is 1. The van der Waals surface area contributed by atoms with Gasteiger partial charge < -0.3 is 10.0 Å². The van der Waals surface area contributed by atoms with Gasteiger partial charge in [0.05, 0.1) is 5.02 Å². The normalized spacial score (nSPS) is 26.6. The molecule has 1 saturated carbocycles. The molecule has 0 amide bonds. The lowest BCUT2D eigenvalue weighted by atomic mass is 10.1. The number of benzene rings is 2. The highest BCUT2D eigenvalue weighted by molar-refractivity contribution is 7.87. The van der Waals surface area contributed by atoms with Gasteiger partial charge in [0.15, 0.2) is 0 Å². The van der Waals surface area contributed by atoms with E-state index in [4.69, 9.17) is 11.6 Å². The SMILES string of the molecule is CC1[C@H](c2ccccc2)[C@]1(NS(=O)(=O)N1CCN(c2ccc(Cl)c(F)c2)CC1)C(=O)O. The Kier molecular flexibility index (Phi) is 5.72. The predicted octanol–water partition coefficient (Wildman–Crippen LogP) is 2.69. The van der Waals surface area contributed by atoms with Gasteiger partial charge in [0.25, 0.3) is 10.2 Å². The molecule has 7 nitrogen and oxygen atoms in total. The zero-order valence-corrected chi connectivity index (χ0v) is 18.4. The van der Waals surface area contributed by atoms with Crippen molar-refractivity contribution in [2.45, 2.75) is 18.4 Å². The van der Waals surface area contributed by atoms with E-state index in [9.17, 15) is 22.7 Å². The highest BCUT2D eigenvalue weighted by Gasteiger charge is 2.70. The quantitative estimate of drug-likeness (QED) is 0.681. The first kappa shape index (κ1) is 22.0.